The average molecular weight is 435 g/mol. The smallest absolute Gasteiger partial charge is 0.257 e. The lowest BCUT2D eigenvalue weighted by Gasteiger charge is -2.32. The van der Waals surface area contributed by atoms with Crippen LogP contribution in [0.3, 0.4) is 0 Å². The minimum atomic E-state index is 0.0487. The van der Waals surface area contributed by atoms with E-state index in [1.54, 1.807) is 17.5 Å². The third-order valence-electron chi connectivity index (χ3n) is 6.14. The lowest BCUT2D eigenvalue weighted by Crippen LogP contribution is -2.39. The minimum absolute atomic E-state index is 0.0487. The number of carbonyl (C=O) groups is 1. The van der Waals surface area contributed by atoms with Gasteiger partial charge in [0, 0.05) is 41.0 Å². The van der Waals surface area contributed by atoms with E-state index >= 15 is 0 Å². The molecule has 4 aromatic rings. The summed E-state index contributed by atoms with van der Waals surface area (Å²) in [5, 5.41) is 10.4. The van der Waals surface area contributed by atoms with E-state index < -0.39 is 0 Å². The Morgan fingerprint density at radius 3 is 2.77 bits per heavy atom. The molecule has 7 nitrogen and oxygen atoms in total. The fourth-order valence-electron chi connectivity index (χ4n) is 4.33. The van der Waals surface area contributed by atoms with Crippen LogP contribution in [0, 0.1) is 20.8 Å². The molecule has 1 amide bonds. The number of anilines is 2. The van der Waals surface area contributed by atoms with Crippen LogP contribution in [0.2, 0.25) is 0 Å². The SMILES string of the molecule is Cc1[nH]ncc1C(=O)N1CCC[C@H](c2nc(Nc3ccccc3)n3c(C)c(C)sc23)C1. The number of piperidine rings is 1. The molecule has 0 spiro atoms. The van der Waals surface area contributed by atoms with Crippen LogP contribution in [0.1, 0.15) is 51.1 Å². The zero-order valence-electron chi connectivity index (χ0n) is 18.0. The highest BCUT2D eigenvalue weighted by Gasteiger charge is 2.31. The van der Waals surface area contributed by atoms with E-state index in [4.69, 9.17) is 4.98 Å². The van der Waals surface area contributed by atoms with Crippen molar-refractivity contribution < 1.29 is 4.79 Å². The number of benzene rings is 1. The summed E-state index contributed by atoms with van der Waals surface area (Å²) in [4.78, 5) is 22.5. The summed E-state index contributed by atoms with van der Waals surface area (Å²) >= 11 is 1.78. The Labute approximate surface area is 185 Å². The van der Waals surface area contributed by atoms with Gasteiger partial charge in [-0.05, 0) is 45.7 Å². The summed E-state index contributed by atoms with van der Waals surface area (Å²) in [6.45, 7) is 7.63. The molecule has 1 saturated heterocycles. The number of hydrogen-bond donors (Lipinski definition) is 2. The van der Waals surface area contributed by atoms with Crippen LogP contribution in [0.25, 0.3) is 4.83 Å². The summed E-state index contributed by atoms with van der Waals surface area (Å²) in [6.07, 6.45) is 3.63. The second-order valence-electron chi connectivity index (χ2n) is 8.19. The van der Waals surface area contributed by atoms with Crippen LogP contribution in [-0.2, 0) is 0 Å². The maximum absolute atomic E-state index is 13.1. The number of H-pyrrole nitrogens is 1. The Morgan fingerprint density at radius 2 is 2.03 bits per heavy atom. The van der Waals surface area contributed by atoms with E-state index in [1.165, 1.54) is 15.4 Å². The number of nitrogens with one attached hydrogen (secondary N) is 2. The number of aryl methyl sites for hydroxylation is 3. The third-order valence-corrected chi connectivity index (χ3v) is 7.33. The Kier molecular flexibility index (Phi) is 5.02. The number of nitrogens with zero attached hydrogens (tertiary/aromatic N) is 4. The molecule has 31 heavy (non-hydrogen) atoms. The fraction of sp³-hybridized carbons (Fsp3) is 0.348. The quantitative estimate of drug-likeness (QED) is 0.483. The van der Waals surface area contributed by atoms with Crippen LogP contribution in [-0.4, -0.2) is 43.5 Å². The van der Waals surface area contributed by atoms with Gasteiger partial charge in [-0.1, -0.05) is 18.2 Å². The van der Waals surface area contributed by atoms with Crippen LogP contribution in [0.15, 0.2) is 36.5 Å². The molecule has 3 aromatic heterocycles. The van der Waals surface area contributed by atoms with Crippen molar-refractivity contribution in [2.75, 3.05) is 18.4 Å². The molecular weight excluding hydrogens is 408 g/mol. The largest absolute Gasteiger partial charge is 0.338 e. The molecule has 1 atom stereocenters. The monoisotopic (exact) mass is 434 g/mol. The van der Waals surface area contributed by atoms with Gasteiger partial charge in [-0.15, -0.1) is 11.3 Å². The number of hydrogen-bond acceptors (Lipinski definition) is 5. The number of carbonyl (C=O) groups excluding carboxylic acids is 1. The van der Waals surface area contributed by atoms with Gasteiger partial charge in [0.15, 0.2) is 0 Å². The highest BCUT2D eigenvalue weighted by atomic mass is 32.1. The first kappa shape index (κ1) is 19.8. The van der Waals surface area contributed by atoms with Crippen molar-refractivity contribution in [1.29, 1.82) is 0 Å². The maximum atomic E-state index is 13.1. The second-order valence-corrected chi connectivity index (χ2v) is 9.40. The number of fused-ring (bicyclic) bond motifs is 1. The Balaban J connectivity index is 1.49. The highest BCUT2D eigenvalue weighted by molar-refractivity contribution is 7.17. The molecule has 1 aromatic carbocycles. The Bertz CT molecular complexity index is 1240. The van der Waals surface area contributed by atoms with Gasteiger partial charge in [0.2, 0.25) is 5.95 Å². The molecular formula is C23H26N6OS. The van der Waals surface area contributed by atoms with E-state index in [1.807, 2.05) is 42.2 Å². The maximum Gasteiger partial charge on any atom is 0.257 e. The van der Waals surface area contributed by atoms with E-state index in [-0.39, 0.29) is 11.8 Å². The van der Waals surface area contributed by atoms with Gasteiger partial charge in [0.1, 0.15) is 4.83 Å². The molecule has 1 aliphatic heterocycles. The number of imidazole rings is 1. The topological polar surface area (TPSA) is 78.3 Å². The van der Waals surface area contributed by atoms with Gasteiger partial charge >= 0.3 is 0 Å². The summed E-state index contributed by atoms with van der Waals surface area (Å²) in [7, 11) is 0. The molecule has 0 bridgehead atoms. The highest BCUT2D eigenvalue weighted by Crippen LogP contribution is 2.37. The molecule has 5 rings (SSSR count). The lowest BCUT2D eigenvalue weighted by molar-refractivity contribution is 0.0706. The molecule has 160 valence electrons. The van der Waals surface area contributed by atoms with Crippen LogP contribution in [0.4, 0.5) is 11.6 Å². The first-order valence-electron chi connectivity index (χ1n) is 10.6. The fourth-order valence-corrected chi connectivity index (χ4v) is 5.49. The van der Waals surface area contributed by atoms with Crippen molar-refractivity contribution in [3.8, 4) is 0 Å². The van der Waals surface area contributed by atoms with Crippen LogP contribution >= 0.6 is 11.3 Å². The van der Waals surface area contributed by atoms with Crippen molar-refractivity contribution in [2.24, 2.45) is 0 Å². The summed E-state index contributed by atoms with van der Waals surface area (Å²) < 4.78 is 2.23. The van der Waals surface area contributed by atoms with Crippen molar-refractivity contribution in [1.82, 2.24) is 24.5 Å². The minimum Gasteiger partial charge on any atom is -0.338 e. The first-order chi connectivity index (χ1) is 15.0. The summed E-state index contributed by atoms with van der Waals surface area (Å²) in [6, 6.07) is 10.1. The van der Waals surface area contributed by atoms with Gasteiger partial charge in [-0.25, -0.2) is 4.98 Å². The predicted molar refractivity (Wildman–Crippen MR) is 123 cm³/mol. The van der Waals surface area contributed by atoms with Crippen LogP contribution in [0.5, 0.6) is 0 Å². The van der Waals surface area contributed by atoms with Crippen molar-refractivity contribution >= 4 is 33.7 Å². The van der Waals surface area contributed by atoms with Crippen molar-refractivity contribution in [3.63, 3.8) is 0 Å². The van der Waals surface area contributed by atoms with Gasteiger partial charge in [0.25, 0.3) is 5.91 Å². The standard InChI is InChI=1S/C23H26N6OS/c1-14-19(12-24-27-14)21(30)28-11-7-8-17(13-28)20-22-29(15(2)16(3)31-22)23(26-20)25-18-9-5-4-6-10-18/h4-6,9-10,12,17H,7-8,11,13H2,1-3H3,(H,24,27)(H,25,26)/t17-/m0/s1. The molecule has 0 aliphatic carbocycles. The van der Waals surface area contributed by atoms with Gasteiger partial charge in [-0.3, -0.25) is 14.3 Å². The third kappa shape index (κ3) is 3.50. The number of likely N-dealkylation sites (tertiary alicyclic amines) is 1. The Hall–Kier alpha value is -3.13. The van der Waals surface area contributed by atoms with Gasteiger partial charge in [0.05, 0.1) is 17.5 Å². The second kappa shape index (κ2) is 7.85. The molecule has 1 aliphatic rings. The average Bonchev–Trinajstić information content (AvgIpc) is 3.45. The zero-order chi connectivity index (χ0) is 21.5. The van der Waals surface area contributed by atoms with E-state index in [0.29, 0.717) is 12.1 Å². The summed E-state index contributed by atoms with van der Waals surface area (Å²) in [5.74, 6) is 1.10. The number of aromatic amines is 1. The number of amides is 1. The number of thiazole rings is 1. The molecule has 4 heterocycles. The van der Waals surface area contributed by atoms with Crippen molar-refractivity contribution in [2.45, 2.75) is 39.5 Å². The Morgan fingerprint density at radius 1 is 1.23 bits per heavy atom. The normalized spacial score (nSPS) is 16.7. The van der Waals surface area contributed by atoms with E-state index in [0.717, 1.165) is 42.4 Å². The number of aromatic nitrogens is 4. The van der Waals surface area contributed by atoms with Gasteiger partial charge < -0.3 is 10.2 Å². The lowest BCUT2D eigenvalue weighted by atomic mass is 9.94. The van der Waals surface area contributed by atoms with Crippen molar-refractivity contribution in [3.05, 3.63) is 64.1 Å². The zero-order valence-corrected chi connectivity index (χ0v) is 18.8. The number of rotatable bonds is 4. The van der Waals surface area contributed by atoms with Crippen LogP contribution < -0.4 is 5.32 Å². The van der Waals surface area contributed by atoms with Gasteiger partial charge in [-0.2, -0.15) is 5.10 Å². The molecule has 0 unspecified atom stereocenters. The molecule has 0 radical (unpaired) electrons. The van der Waals surface area contributed by atoms with E-state index in [2.05, 4.69) is 33.8 Å². The predicted octanol–water partition coefficient (Wildman–Crippen LogP) is 4.81. The number of para-hydroxylation sites is 1. The molecule has 8 heteroatoms. The molecule has 2 N–H and O–H groups in total. The molecule has 0 saturated carbocycles. The van der Waals surface area contributed by atoms with E-state index in [9.17, 15) is 4.79 Å². The first-order valence-corrected chi connectivity index (χ1v) is 11.4. The molecule has 1 fully saturated rings. The summed E-state index contributed by atoms with van der Waals surface area (Å²) in [5.41, 5.74) is 4.77.